The van der Waals surface area contributed by atoms with E-state index in [1.165, 1.54) is 6.33 Å². The Morgan fingerprint density at radius 2 is 2.00 bits per heavy atom. The number of piperazine rings is 1. The summed E-state index contributed by atoms with van der Waals surface area (Å²) in [6, 6.07) is 0.541. The van der Waals surface area contributed by atoms with Crippen molar-refractivity contribution in [2.45, 2.75) is 32.7 Å². The van der Waals surface area contributed by atoms with Gasteiger partial charge in [-0.2, -0.15) is 0 Å². The van der Waals surface area contributed by atoms with E-state index in [9.17, 15) is 4.39 Å². The number of hydrogen-bond donors (Lipinski definition) is 1. The van der Waals surface area contributed by atoms with Crippen LogP contribution < -0.4 is 10.6 Å². The maximum Gasteiger partial charge on any atom is 0.186 e. The number of aromatic nitrogens is 2. The quantitative estimate of drug-likeness (QED) is 0.878. The molecule has 0 saturated carbocycles. The van der Waals surface area contributed by atoms with Crippen LogP contribution in [0.15, 0.2) is 6.33 Å². The van der Waals surface area contributed by atoms with Crippen molar-refractivity contribution in [2.24, 2.45) is 5.73 Å². The maximum absolute atomic E-state index is 14.0. The molecule has 1 unspecified atom stereocenters. The zero-order valence-electron chi connectivity index (χ0n) is 12.3. The van der Waals surface area contributed by atoms with Crippen LogP contribution >= 0.6 is 0 Å². The van der Waals surface area contributed by atoms with Crippen molar-refractivity contribution < 1.29 is 4.39 Å². The number of nitrogens with two attached hydrogens (primary N) is 1. The Morgan fingerprint density at radius 3 is 2.60 bits per heavy atom. The zero-order chi connectivity index (χ0) is 14.5. The van der Waals surface area contributed by atoms with Crippen LogP contribution in [-0.4, -0.2) is 53.6 Å². The number of halogens is 1. The van der Waals surface area contributed by atoms with Gasteiger partial charge in [0.25, 0.3) is 0 Å². The fourth-order valence-electron chi connectivity index (χ4n) is 2.80. The molecule has 20 heavy (non-hydrogen) atoms. The van der Waals surface area contributed by atoms with Crippen LogP contribution in [0.2, 0.25) is 0 Å². The van der Waals surface area contributed by atoms with Gasteiger partial charge in [-0.1, -0.05) is 6.92 Å². The van der Waals surface area contributed by atoms with Gasteiger partial charge in [-0.3, -0.25) is 4.90 Å². The van der Waals surface area contributed by atoms with E-state index in [2.05, 4.69) is 21.8 Å². The molecule has 1 fully saturated rings. The first-order valence-corrected chi connectivity index (χ1v) is 7.33. The molecule has 0 spiro atoms. The first-order chi connectivity index (χ1) is 9.67. The molecule has 1 aromatic rings. The molecule has 1 atom stereocenters. The molecule has 6 heteroatoms. The number of nitrogens with zero attached hydrogens (tertiary/aromatic N) is 4. The van der Waals surface area contributed by atoms with Crippen LogP contribution in [0.1, 0.15) is 25.5 Å². The second-order valence-electron chi connectivity index (χ2n) is 5.26. The molecular formula is C14H24FN5. The summed E-state index contributed by atoms with van der Waals surface area (Å²) in [6.07, 6.45) is 3.57. The Morgan fingerprint density at radius 1 is 1.30 bits per heavy atom. The lowest BCUT2D eigenvalue weighted by Gasteiger charge is -2.39. The highest BCUT2D eigenvalue weighted by Crippen LogP contribution is 2.20. The van der Waals surface area contributed by atoms with Crippen LogP contribution in [0.5, 0.6) is 0 Å². The average Bonchev–Trinajstić information content (AvgIpc) is 2.48. The topological polar surface area (TPSA) is 58.3 Å². The van der Waals surface area contributed by atoms with Gasteiger partial charge < -0.3 is 10.6 Å². The molecule has 5 nitrogen and oxygen atoms in total. The minimum Gasteiger partial charge on any atom is -0.352 e. The summed E-state index contributed by atoms with van der Waals surface area (Å²) >= 11 is 0. The summed E-state index contributed by atoms with van der Waals surface area (Å²) in [5, 5.41) is 0. The molecule has 1 aliphatic rings. The maximum atomic E-state index is 14.0. The third kappa shape index (κ3) is 3.24. The van der Waals surface area contributed by atoms with Gasteiger partial charge >= 0.3 is 0 Å². The van der Waals surface area contributed by atoms with Crippen molar-refractivity contribution in [3.05, 3.63) is 17.8 Å². The molecular weight excluding hydrogens is 257 g/mol. The van der Waals surface area contributed by atoms with Crippen molar-refractivity contribution in [1.29, 1.82) is 0 Å². The smallest absolute Gasteiger partial charge is 0.186 e. The van der Waals surface area contributed by atoms with Crippen molar-refractivity contribution in [2.75, 3.05) is 37.6 Å². The van der Waals surface area contributed by atoms with Crippen molar-refractivity contribution in [1.82, 2.24) is 14.9 Å². The van der Waals surface area contributed by atoms with Crippen molar-refractivity contribution in [3.8, 4) is 0 Å². The molecule has 0 aliphatic carbocycles. The summed E-state index contributed by atoms with van der Waals surface area (Å²) in [4.78, 5) is 12.4. The van der Waals surface area contributed by atoms with E-state index >= 15 is 0 Å². The number of hydrogen-bond acceptors (Lipinski definition) is 5. The van der Waals surface area contributed by atoms with E-state index in [0.717, 1.165) is 45.6 Å². The van der Waals surface area contributed by atoms with Crippen molar-refractivity contribution in [3.63, 3.8) is 0 Å². The first-order valence-electron chi connectivity index (χ1n) is 7.33. The Kier molecular flexibility index (Phi) is 5.25. The average molecular weight is 281 g/mol. The molecule has 2 N–H and O–H groups in total. The molecule has 0 radical (unpaired) electrons. The lowest BCUT2D eigenvalue weighted by Crippen LogP contribution is -2.51. The Labute approximate surface area is 120 Å². The summed E-state index contributed by atoms with van der Waals surface area (Å²) < 4.78 is 14.0. The molecule has 0 bridgehead atoms. The van der Waals surface area contributed by atoms with Crippen LogP contribution in [0.3, 0.4) is 0 Å². The van der Waals surface area contributed by atoms with Crippen LogP contribution in [0.4, 0.5) is 10.2 Å². The Bertz CT molecular complexity index is 432. The molecule has 2 rings (SSSR count). The largest absolute Gasteiger partial charge is 0.352 e. The summed E-state index contributed by atoms with van der Waals surface area (Å²) in [5.74, 6) is 0.138. The summed E-state index contributed by atoms with van der Waals surface area (Å²) in [5.41, 5.74) is 6.07. The summed E-state index contributed by atoms with van der Waals surface area (Å²) in [7, 11) is 0. The monoisotopic (exact) mass is 281 g/mol. The second kappa shape index (κ2) is 6.95. The Balaban J connectivity index is 1.99. The highest BCUT2D eigenvalue weighted by molar-refractivity contribution is 5.41. The standard InChI is InChI=1S/C14H24FN5/c1-3-12(4-5-16)19-6-8-20(9-7-19)14-13(15)11(2)17-10-18-14/h10,12H,3-9,16H2,1-2H3. The molecule has 112 valence electrons. The van der Waals surface area contributed by atoms with Crippen molar-refractivity contribution >= 4 is 5.82 Å². The fraction of sp³-hybridized carbons (Fsp3) is 0.714. The zero-order valence-corrected chi connectivity index (χ0v) is 12.3. The van der Waals surface area contributed by atoms with Gasteiger partial charge in [-0.25, -0.2) is 14.4 Å². The van der Waals surface area contributed by atoms with Crippen LogP contribution in [0.25, 0.3) is 0 Å². The van der Waals surface area contributed by atoms with Gasteiger partial charge in [0.05, 0.1) is 5.69 Å². The second-order valence-corrected chi connectivity index (χ2v) is 5.26. The fourth-order valence-corrected chi connectivity index (χ4v) is 2.80. The predicted octanol–water partition coefficient (Wildman–Crippen LogP) is 1.17. The molecule has 1 aromatic heterocycles. The highest BCUT2D eigenvalue weighted by Gasteiger charge is 2.24. The van der Waals surface area contributed by atoms with Crippen LogP contribution in [0, 0.1) is 12.7 Å². The molecule has 2 heterocycles. The van der Waals surface area contributed by atoms with Gasteiger partial charge in [-0.05, 0) is 26.3 Å². The SMILES string of the molecule is CCC(CCN)N1CCN(c2ncnc(C)c2F)CC1. The third-order valence-corrected chi connectivity index (χ3v) is 4.05. The van der Waals surface area contributed by atoms with Gasteiger partial charge in [0.2, 0.25) is 0 Å². The lowest BCUT2D eigenvalue weighted by atomic mass is 10.1. The molecule has 1 saturated heterocycles. The van der Waals surface area contributed by atoms with E-state index in [1.54, 1.807) is 6.92 Å². The number of rotatable bonds is 5. The highest BCUT2D eigenvalue weighted by atomic mass is 19.1. The minimum absolute atomic E-state index is 0.296. The van der Waals surface area contributed by atoms with Gasteiger partial charge in [0.1, 0.15) is 6.33 Å². The van der Waals surface area contributed by atoms with E-state index in [4.69, 9.17) is 5.73 Å². The molecule has 0 amide bonds. The van der Waals surface area contributed by atoms with E-state index in [-0.39, 0.29) is 5.82 Å². The Hall–Kier alpha value is -1.27. The predicted molar refractivity (Wildman–Crippen MR) is 78.3 cm³/mol. The van der Waals surface area contributed by atoms with Crippen LogP contribution in [-0.2, 0) is 0 Å². The van der Waals surface area contributed by atoms with E-state index in [0.29, 0.717) is 17.6 Å². The van der Waals surface area contributed by atoms with E-state index in [1.807, 2.05) is 4.90 Å². The first kappa shape index (κ1) is 15.1. The lowest BCUT2D eigenvalue weighted by molar-refractivity contribution is 0.172. The van der Waals surface area contributed by atoms with Gasteiger partial charge in [0, 0.05) is 32.2 Å². The van der Waals surface area contributed by atoms with Gasteiger partial charge in [0.15, 0.2) is 11.6 Å². The third-order valence-electron chi connectivity index (χ3n) is 4.05. The molecule has 0 aromatic carbocycles. The normalized spacial score (nSPS) is 18.3. The summed E-state index contributed by atoms with van der Waals surface area (Å²) in [6.45, 7) is 8.05. The van der Waals surface area contributed by atoms with Gasteiger partial charge in [-0.15, -0.1) is 0 Å². The van der Waals surface area contributed by atoms with E-state index < -0.39 is 0 Å². The number of anilines is 1. The molecule has 1 aliphatic heterocycles. The number of aryl methyl sites for hydroxylation is 1. The minimum atomic E-state index is -0.296.